The predicted octanol–water partition coefficient (Wildman–Crippen LogP) is 3.81. The van der Waals surface area contributed by atoms with E-state index in [1.165, 1.54) is 49.8 Å². The number of hydrogen-bond acceptors (Lipinski definition) is 2. The maximum Gasteiger partial charge on any atom is 0.119 e. The fourth-order valence-electron chi connectivity index (χ4n) is 5.61. The number of aromatic hydroxyl groups is 1. The van der Waals surface area contributed by atoms with Crippen molar-refractivity contribution in [3.63, 3.8) is 0 Å². The topological polar surface area (TPSA) is 23.5 Å². The maximum atomic E-state index is 10.5. The molecular weight excluding hydrogens is 270 g/mol. The summed E-state index contributed by atoms with van der Waals surface area (Å²) < 4.78 is 0. The summed E-state index contributed by atoms with van der Waals surface area (Å²) in [4.78, 5) is 2.59. The second-order valence-corrected chi connectivity index (χ2v) is 7.64. The summed E-state index contributed by atoms with van der Waals surface area (Å²) in [5, 5.41) is 10.5. The number of phenolic OH excluding ortho intramolecular Hbond substituents is 1. The minimum Gasteiger partial charge on any atom is -0.508 e. The van der Waals surface area contributed by atoms with Crippen molar-refractivity contribution in [2.75, 3.05) is 13.6 Å². The highest BCUT2D eigenvalue weighted by Crippen LogP contribution is 2.56. The molecule has 2 fully saturated rings. The molecule has 1 saturated heterocycles. The molecule has 1 saturated carbocycles. The fraction of sp³-hybridized carbons (Fsp3) is 0.600. The molecule has 22 heavy (non-hydrogen) atoms. The number of rotatable bonds is 2. The number of fused-ring (bicyclic) bond motifs is 1. The highest BCUT2D eigenvalue weighted by Gasteiger charge is 2.53. The van der Waals surface area contributed by atoms with Crippen LogP contribution in [0.3, 0.4) is 0 Å². The molecule has 118 valence electrons. The molecule has 1 heterocycles. The van der Waals surface area contributed by atoms with E-state index >= 15 is 0 Å². The molecule has 0 aromatic heterocycles. The Morgan fingerprint density at radius 2 is 2.23 bits per heavy atom. The van der Waals surface area contributed by atoms with Gasteiger partial charge in [0.1, 0.15) is 5.75 Å². The van der Waals surface area contributed by atoms with Gasteiger partial charge in [-0.3, -0.25) is 0 Å². The third-order valence-electron chi connectivity index (χ3n) is 6.67. The Hall–Kier alpha value is -1.28. The van der Waals surface area contributed by atoms with Crippen LogP contribution in [0.1, 0.15) is 48.8 Å². The van der Waals surface area contributed by atoms with Gasteiger partial charge in [0.15, 0.2) is 0 Å². The summed E-state index contributed by atoms with van der Waals surface area (Å²) >= 11 is 0. The van der Waals surface area contributed by atoms with Crippen molar-refractivity contribution in [2.45, 2.75) is 56.4 Å². The molecule has 2 bridgehead atoms. The van der Waals surface area contributed by atoms with Gasteiger partial charge >= 0.3 is 0 Å². The van der Waals surface area contributed by atoms with Gasteiger partial charge in [0.05, 0.1) is 0 Å². The van der Waals surface area contributed by atoms with Crippen molar-refractivity contribution >= 4 is 0 Å². The lowest BCUT2D eigenvalue weighted by Crippen LogP contribution is -2.59. The predicted molar refractivity (Wildman–Crippen MR) is 90.4 cm³/mol. The van der Waals surface area contributed by atoms with Crippen LogP contribution in [0.4, 0.5) is 0 Å². The number of phenols is 1. The van der Waals surface area contributed by atoms with E-state index in [0.29, 0.717) is 17.2 Å². The average molecular weight is 297 g/mol. The van der Waals surface area contributed by atoms with Gasteiger partial charge in [-0.15, -0.1) is 6.58 Å². The van der Waals surface area contributed by atoms with Crippen molar-refractivity contribution in [1.82, 2.24) is 4.90 Å². The van der Waals surface area contributed by atoms with Crippen molar-refractivity contribution in [1.29, 1.82) is 0 Å². The van der Waals surface area contributed by atoms with Crippen molar-refractivity contribution in [2.24, 2.45) is 5.92 Å². The SMILES string of the molecule is C=CCc1cc2c(cc1O)[C@@]13CCCC[C@H]1[C@@H](C2)N(C)CC3. The van der Waals surface area contributed by atoms with Gasteiger partial charge in [0.25, 0.3) is 0 Å². The molecule has 2 aliphatic carbocycles. The standard InChI is InChI=1S/C20H27NO/c1-3-6-14-11-15-12-18-16-7-4-5-8-20(16,9-10-21(18)2)17(15)13-19(14)22/h3,11,13,16,18,22H,1,4-10,12H2,2H3/t16-,18+,20+/m0/s1. The van der Waals surface area contributed by atoms with Gasteiger partial charge in [0, 0.05) is 11.5 Å². The van der Waals surface area contributed by atoms with E-state index < -0.39 is 0 Å². The molecule has 3 aliphatic rings. The number of likely N-dealkylation sites (N-methyl/N-ethyl adjacent to an activating group) is 1. The van der Waals surface area contributed by atoms with E-state index in [4.69, 9.17) is 0 Å². The summed E-state index contributed by atoms with van der Waals surface area (Å²) in [6.07, 6.45) is 10.5. The van der Waals surface area contributed by atoms with Crippen LogP contribution in [0, 0.1) is 5.92 Å². The third kappa shape index (κ3) is 1.89. The lowest BCUT2D eigenvalue weighted by atomic mass is 9.52. The minimum atomic E-state index is 0.340. The summed E-state index contributed by atoms with van der Waals surface area (Å²) in [7, 11) is 2.30. The van der Waals surface area contributed by atoms with E-state index in [1.807, 2.05) is 6.08 Å². The number of piperidine rings is 1. The second-order valence-electron chi connectivity index (χ2n) is 7.64. The molecule has 3 atom stereocenters. The van der Waals surface area contributed by atoms with Crippen molar-refractivity contribution in [3.8, 4) is 5.75 Å². The van der Waals surface area contributed by atoms with Gasteiger partial charge in [-0.2, -0.15) is 0 Å². The lowest BCUT2D eigenvalue weighted by molar-refractivity contribution is 0.00271. The van der Waals surface area contributed by atoms with Crippen LogP contribution < -0.4 is 0 Å². The molecule has 1 N–H and O–H groups in total. The smallest absolute Gasteiger partial charge is 0.119 e. The van der Waals surface area contributed by atoms with Gasteiger partial charge < -0.3 is 10.0 Å². The van der Waals surface area contributed by atoms with E-state index in [2.05, 4.69) is 30.7 Å². The first-order chi connectivity index (χ1) is 10.7. The zero-order valence-corrected chi connectivity index (χ0v) is 13.6. The summed E-state index contributed by atoms with van der Waals surface area (Å²) in [5.74, 6) is 1.27. The van der Waals surface area contributed by atoms with Crippen LogP contribution in [0.15, 0.2) is 24.8 Å². The number of nitrogens with zero attached hydrogens (tertiary/aromatic N) is 1. The van der Waals surface area contributed by atoms with Crippen LogP contribution >= 0.6 is 0 Å². The Morgan fingerprint density at radius 1 is 1.36 bits per heavy atom. The maximum absolute atomic E-state index is 10.5. The monoisotopic (exact) mass is 297 g/mol. The zero-order chi connectivity index (χ0) is 15.3. The summed E-state index contributed by atoms with van der Waals surface area (Å²) in [5.41, 5.74) is 4.35. The molecule has 1 aromatic rings. The van der Waals surface area contributed by atoms with Crippen LogP contribution in [0.25, 0.3) is 0 Å². The normalized spacial score (nSPS) is 33.9. The van der Waals surface area contributed by atoms with E-state index in [9.17, 15) is 5.11 Å². The molecular formula is C20H27NO. The first-order valence-corrected chi connectivity index (χ1v) is 8.82. The molecule has 0 unspecified atom stereocenters. The van der Waals surface area contributed by atoms with Gasteiger partial charge in [-0.25, -0.2) is 0 Å². The Bertz CT molecular complexity index is 608. The van der Waals surface area contributed by atoms with Crippen LogP contribution in [-0.4, -0.2) is 29.6 Å². The highest BCUT2D eigenvalue weighted by atomic mass is 16.3. The second kappa shape index (κ2) is 5.13. The number of allylic oxidation sites excluding steroid dienone is 1. The molecule has 1 aliphatic heterocycles. The average Bonchev–Trinajstić information content (AvgIpc) is 2.53. The Morgan fingerprint density at radius 3 is 3.05 bits per heavy atom. The third-order valence-corrected chi connectivity index (χ3v) is 6.67. The molecule has 1 aromatic carbocycles. The Kier molecular flexibility index (Phi) is 3.34. The molecule has 2 heteroatoms. The van der Waals surface area contributed by atoms with Crippen LogP contribution in [0.2, 0.25) is 0 Å². The lowest BCUT2D eigenvalue weighted by Gasteiger charge is -2.58. The first kappa shape index (κ1) is 14.3. The van der Waals surface area contributed by atoms with Crippen LogP contribution in [-0.2, 0) is 18.3 Å². The summed E-state index contributed by atoms with van der Waals surface area (Å²) in [6.45, 7) is 5.03. The van der Waals surface area contributed by atoms with Gasteiger partial charge in [-0.05, 0) is 74.4 Å². The number of hydrogen-bond donors (Lipinski definition) is 1. The van der Waals surface area contributed by atoms with Crippen molar-refractivity contribution in [3.05, 3.63) is 41.5 Å². The van der Waals surface area contributed by atoms with E-state index in [0.717, 1.165) is 24.3 Å². The fourth-order valence-corrected chi connectivity index (χ4v) is 5.61. The van der Waals surface area contributed by atoms with E-state index in [1.54, 1.807) is 0 Å². The number of benzene rings is 1. The summed E-state index contributed by atoms with van der Waals surface area (Å²) in [6, 6.07) is 5.08. The van der Waals surface area contributed by atoms with Crippen LogP contribution in [0.5, 0.6) is 5.75 Å². The quantitative estimate of drug-likeness (QED) is 0.839. The molecule has 0 radical (unpaired) electrons. The Balaban J connectivity index is 1.87. The largest absolute Gasteiger partial charge is 0.508 e. The van der Waals surface area contributed by atoms with Gasteiger partial charge in [-0.1, -0.05) is 25.0 Å². The zero-order valence-electron chi connectivity index (χ0n) is 13.6. The molecule has 4 rings (SSSR count). The first-order valence-electron chi connectivity index (χ1n) is 8.82. The molecule has 0 spiro atoms. The molecule has 2 nitrogen and oxygen atoms in total. The van der Waals surface area contributed by atoms with Gasteiger partial charge in [0.2, 0.25) is 0 Å². The van der Waals surface area contributed by atoms with Crippen molar-refractivity contribution < 1.29 is 5.11 Å². The van der Waals surface area contributed by atoms with E-state index in [-0.39, 0.29) is 0 Å². The highest BCUT2D eigenvalue weighted by molar-refractivity contribution is 5.49. The Labute approximate surface area is 133 Å². The minimum absolute atomic E-state index is 0.340. The number of likely N-dealkylation sites (tertiary alicyclic amines) is 1. The molecule has 0 amide bonds.